The van der Waals surface area contributed by atoms with Gasteiger partial charge in [0.15, 0.2) is 11.5 Å². The SMILES string of the molecule is Br.Br.Oc1cc2c(c(O)c1O)C(CCN1CCOCC1)NCC2. The highest BCUT2D eigenvalue weighted by molar-refractivity contribution is 8.93. The average molecular weight is 456 g/mol. The molecule has 2 aliphatic heterocycles. The quantitative estimate of drug-likeness (QED) is 0.520. The lowest BCUT2D eigenvalue weighted by atomic mass is 9.90. The zero-order valence-corrected chi connectivity index (χ0v) is 16.3. The maximum atomic E-state index is 10.1. The lowest BCUT2D eigenvalue weighted by Gasteiger charge is -2.32. The molecule has 3 rings (SSSR count). The molecule has 8 heteroatoms. The summed E-state index contributed by atoms with van der Waals surface area (Å²) in [5.41, 5.74) is 1.64. The number of nitrogens with zero attached hydrogens (tertiary/aromatic N) is 1. The van der Waals surface area contributed by atoms with E-state index in [1.54, 1.807) is 6.07 Å². The predicted octanol–water partition coefficient (Wildman–Crippen LogP) is 1.87. The van der Waals surface area contributed by atoms with Gasteiger partial charge in [-0.1, -0.05) is 0 Å². The topological polar surface area (TPSA) is 85.2 Å². The van der Waals surface area contributed by atoms with Crippen LogP contribution in [0.5, 0.6) is 17.2 Å². The third-order valence-corrected chi connectivity index (χ3v) is 4.35. The molecule has 0 radical (unpaired) electrons. The molecule has 1 unspecified atom stereocenters. The van der Waals surface area contributed by atoms with E-state index in [0.29, 0.717) is 0 Å². The number of aromatic hydroxyl groups is 3. The smallest absolute Gasteiger partial charge is 0.200 e. The first-order valence-electron chi connectivity index (χ1n) is 7.47. The molecule has 2 heterocycles. The summed E-state index contributed by atoms with van der Waals surface area (Å²) in [6.07, 6.45) is 1.59. The number of halogens is 2. The monoisotopic (exact) mass is 454 g/mol. The predicted molar refractivity (Wildman–Crippen MR) is 98.4 cm³/mol. The van der Waals surface area contributed by atoms with Gasteiger partial charge in [0.1, 0.15) is 0 Å². The fourth-order valence-corrected chi connectivity index (χ4v) is 3.17. The van der Waals surface area contributed by atoms with Crippen LogP contribution >= 0.6 is 34.0 Å². The Bertz CT molecular complexity index is 525. The summed E-state index contributed by atoms with van der Waals surface area (Å²) in [4.78, 5) is 2.34. The summed E-state index contributed by atoms with van der Waals surface area (Å²) in [6, 6.07) is 1.57. The summed E-state index contributed by atoms with van der Waals surface area (Å²) in [7, 11) is 0. The number of hydrogen-bond donors (Lipinski definition) is 4. The largest absolute Gasteiger partial charge is 0.504 e. The third kappa shape index (κ3) is 4.51. The number of morpholine rings is 1. The Balaban J connectivity index is 0.00000132. The van der Waals surface area contributed by atoms with E-state index in [1.165, 1.54) is 0 Å². The van der Waals surface area contributed by atoms with E-state index in [2.05, 4.69) is 10.2 Å². The molecule has 0 saturated carbocycles. The molecule has 132 valence electrons. The van der Waals surface area contributed by atoms with Gasteiger partial charge in [0.05, 0.1) is 13.2 Å². The molecule has 1 fully saturated rings. The standard InChI is InChI=1S/C15H22N2O4.2BrH/c18-12-9-10-1-3-16-11(13(10)15(20)14(12)19)2-4-17-5-7-21-8-6-17;;/h9,11,16,18-20H,1-8H2;2*1H. The summed E-state index contributed by atoms with van der Waals surface area (Å²) >= 11 is 0. The maximum Gasteiger partial charge on any atom is 0.200 e. The first-order chi connectivity index (χ1) is 10.2. The Kier molecular flexibility index (Phi) is 8.09. The van der Waals surface area contributed by atoms with Crippen LogP contribution in [0, 0.1) is 0 Å². The molecular weight excluding hydrogens is 432 g/mol. The van der Waals surface area contributed by atoms with Crippen LogP contribution in [0.4, 0.5) is 0 Å². The number of ether oxygens (including phenoxy) is 1. The van der Waals surface area contributed by atoms with Crippen molar-refractivity contribution in [2.24, 2.45) is 0 Å². The van der Waals surface area contributed by atoms with Crippen LogP contribution in [0.2, 0.25) is 0 Å². The summed E-state index contributed by atoms with van der Waals surface area (Å²) in [5.74, 6) is -0.863. The second-order valence-electron chi connectivity index (χ2n) is 5.67. The Morgan fingerprint density at radius 3 is 2.52 bits per heavy atom. The van der Waals surface area contributed by atoms with Crippen molar-refractivity contribution in [3.63, 3.8) is 0 Å². The molecule has 0 aliphatic carbocycles. The van der Waals surface area contributed by atoms with E-state index in [-0.39, 0.29) is 51.5 Å². The molecule has 0 aromatic heterocycles. The van der Waals surface area contributed by atoms with E-state index >= 15 is 0 Å². The highest BCUT2D eigenvalue weighted by Gasteiger charge is 2.27. The number of fused-ring (bicyclic) bond motifs is 1. The number of benzene rings is 1. The van der Waals surface area contributed by atoms with Crippen molar-refractivity contribution in [1.82, 2.24) is 10.2 Å². The van der Waals surface area contributed by atoms with Crippen LogP contribution in [-0.2, 0) is 11.2 Å². The van der Waals surface area contributed by atoms with Gasteiger partial charge in [-0.05, 0) is 31.0 Å². The van der Waals surface area contributed by atoms with Gasteiger partial charge >= 0.3 is 0 Å². The van der Waals surface area contributed by atoms with E-state index in [1.807, 2.05) is 0 Å². The van der Waals surface area contributed by atoms with E-state index in [0.717, 1.165) is 63.4 Å². The summed E-state index contributed by atoms with van der Waals surface area (Å²) in [6.45, 7) is 5.15. The Labute approximate surface area is 157 Å². The number of phenolic OH excluding ortho intramolecular Hbond substituents is 3. The zero-order valence-electron chi connectivity index (χ0n) is 12.8. The highest BCUT2D eigenvalue weighted by Crippen LogP contribution is 2.44. The van der Waals surface area contributed by atoms with Crippen molar-refractivity contribution < 1.29 is 20.1 Å². The molecular formula is C15H24Br2N2O4. The van der Waals surface area contributed by atoms with Crippen molar-refractivity contribution in [2.45, 2.75) is 18.9 Å². The fraction of sp³-hybridized carbons (Fsp3) is 0.600. The first kappa shape index (κ1) is 20.5. The second-order valence-corrected chi connectivity index (χ2v) is 5.67. The highest BCUT2D eigenvalue weighted by atomic mass is 79.9. The summed E-state index contributed by atoms with van der Waals surface area (Å²) < 4.78 is 5.34. The second kappa shape index (κ2) is 9.08. The number of rotatable bonds is 3. The molecule has 6 nitrogen and oxygen atoms in total. The molecule has 1 aromatic carbocycles. The van der Waals surface area contributed by atoms with Crippen LogP contribution in [0.3, 0.4) is 0 Å². The van der Waals surface area contributed by atoms with Gasteiger partial charge < -0.3 is 25.4 Å². The number of phenols is 3. The molecule has 23 heavy (non-hydrogen) atoms. The third-order valence-electron chi connectivity index (χ3n) is 4.35. The molecule has 0 amide bonds. The molecule has 0 spiro atoms. The van der Waals surface area contributed by atoms with Crippen molar-refractivity contribution in [3.05, 3.63) is 17.2 Å². The molecule has 1 atom stereocenters. The van der Waals surface area contributed by atoms with Crippen LogP contribution in [0.25, 0.3) is 0 Å². The minimum atomic E-state index is -0.422. The minimum Gasteiger partial charge on any atom is -0.504 e. The zero-order chi connectivity index (χ0) is 14.8. The van der Waals surface area contributed by atoms with E-state index in [4.69, 9.17) is 4.74 Å². The van der Waals surface area contributed by atoms with Gasteiger partial charge in [-0.2, -0.15) is 0 Å². The van der Waals surface area contributed by atoms with Crippen molar-refractivity contribution in [1.29, 1.82) is 0 Å². The van der Waals surface area contributed by atoms with Crippen molar-refractivity contribution in [2.75, 3.05) is 39.4 Å². The number of hydrogen-bond acceptors (Lipinski definition) is 6. The van der Waals surface area contributed by atoms with Crippen LogP contribution < -0.4 is 5.32 Å². The van der Waals surface area contributed by atoms with Gasteiger partial charge in [0.25, 0.3) is 0 Å². The van der Waals surface area contributed by atoms with Crippen molar-refractivity contribution in [3.8, 4) is 17.2 Å². The molecule has 2 aliphatic rings. The normalized spacial score (nSPS) is 21.0. The Hall–Kier alpha value is -0.540. The van der Waals surface area contributed by atoms with Crippen LogP contribution in [-0.4, -0.2) is 59.6 Å². The average Bonchev–Trinajstić information content (AvgIpc) is 2.51. The van der Waals surface area contributed by atoms with Gasteiger partial charge in [-0.25, -0.2) is 0 Å². The fourth-order valence-electron chi connectivity index (χ4n) is 3.17. The van der Waals surface area contributed by atoms with E-state index < -0.39 is 5.75 Å². The van der Waals surface area contributed by atoms with Crippen LogP contribution in [0.1, 0.15) is 23.6 Å². The van der Waals surface area contributed by atoms with Crippen molar-refractivity contribution >= 4 is 34.0 Å². The lowest BCUT2D eigenvalue weighted by Crippen LogP contribution is -2.39. The Morgan fingerprint density at radius 1 is 1.13 bits per heavy atom. The van der Waals surface area contributed by atoms with Gasteiger partial charge in [0.2, 0.25) is 5.75 Å². The Morgan fingerprint density at radius 2 is 1.83 bits per heavy atom. The molecule has 4 N–H and O–H groups in total. The van der Waals surface area contributed by atoms with E-state index in [9.17, 15) is 15.3 Å². The van der Waals surface area contributed by atoms with Crippen LogP contribution in [0.15, 0.2) is 6.07 Å². The molecule has 1 saturated heterocycles. The molecule has 0 bridgehead atoms. The number of nitrogens with one attached hydrogen (secondary N) is 1. The lowest BCUT2D eigenvalue weighted by molar-refractivity contribution is 0.0360. The van der Waals surface area contributed by atoms with Gasteiger partial charge in [0, 0.05) is 31.2 Å². The molecule has 1 aromatic rings. The minimum absolute atomic E-state index is 0. The summed E-state index contributed by atoms with van der Waals surface area (Å²) in [5, 5.41) is 32.9. The first-order valence-corrected chi connectivity index (χ1v) is 7.47. The maximum absolute atomic E-state index is 10.1. The van der Waals surface area contributed by atoms with Gasteiger partial charge in [-0.3, -0.25) is 4.90 Å². The van der Waals surface area contributed by atoms with Gasteiger partial charge in [-0.15, -0.1) is 34.0 Å².